The maximum absolute atomic E-state index is 13.0. The minimum absolute atomic E-state index is 0.113. The van der Waals surface area contributed by atoms with Crippen molar-refractivity contribution in [1.29, 1.82) is 0 Å². The van der Waals surface area contributed by atoms with E-state index >= 15 is 0 Å². The molecule has 0 fully saturated rings. The van der Waals surface area contributed by atoms with E-state index in [1.807, 2.05) is 32.9 Å². The molecule has 1 aromatic carbocycles. The fraction of sp³-hybridized carbons (Fsp3) is 0.579. The number of aliphatic imine (C=N–C) groups is 1. The van der Waals surface area contributed by atoms with Gasteiger partial charge in [0.05, 0.1) is 11.8 Å². The van der Waals surface area contributed by atoms with Gasteiger partial charge in [0.15, 0.2) is 0 Å². The Hall–Kier alpha value is -1.64. The van der Waals surface area contributed by atoms with Gasteiger partial charge in [0, 0.05) is 0 Å². The molecular weight excluding hydrogens is 274 g/mol. The molecule has 1 aliphatic heterocycles. The summed E-state index contributed by atoms with van der Waals surface area (Å²) in [6, 6.07) is 8.45. The molecule has 0 unspecified atom stereocenters. The van der Waals surface area contributed by atoms with Crippen molar-refractivity contribution in [2.24, 2.45) is 16.3 Å². The number of hydrogen-bond acceptors (Lipinski definition) is 3. The van der Waals surface area contributed by atoms with Crippen LogP contribution < -0.4 is 0 Å². The summed E-state index contributed by atoms with van der Waals surface area (Å²) in [4.78, 5) is 17.9. The predicted octanol–water partition coefficient (Wildman–Crippen LogP) is 3.79. The molecule has 0 spiro atoms. The first-order valence-electron chi connectivity index (χ1n) is 8.13. The van der Waals surface area contributed by atoms with Crippen molar-refractivity contribution in [2.75, 3.05) is 0 Å². The highest BCUT2D eigenvalue weighted by molar-refractivity contribution is 6.20. The Morgan fingerprint density at radius 2 is 2.00 bits per heavy atom. The molecule has 1 heterocycles. The zero-order valence-electron chi connectivity index (χ0n) is 14.1. The first kappa shape index (κ1) is 15.3. The van der Waals surface area contributed by atoms with Gasteiger partial charge in [-0.2, -0.15) is 0 Å². The Morgan fingerprint density at radius 3 is 2.64 bits per heavy atom. The van der Waals surface area contributed by atoms with E-state index in [0.717, 1.165) is 24.1 Å². The number of hydrogen-bond donors (Lipinski definition) is 0. The second-order valence-corrected chi connectivity index (χ2v) is 7.91. The first-order chi connectivity index (χ1) is 10.2. The van der Waals surface area contributed by atoms with Crippen molar-refractivity contribution in [1.82, 2.24) is 0 Å². The Labute approximate surface area is 132 Å². The van der Waals surface area contributed by atoms with E-state index in [9.17, 15) is 4.79 Å². The number of carbonyl (C=O) groups is 1. The van der Waals surface area contributed by atoms with Gasteiger partial charge in [-0.1, -0.05) is 38.1 Å². The average Bonchev–Trinajstić information content (AvgIpc) is 2.90. The zero-order valence-corrected chi connectivity index (χ0v) is 14.1. The molecule has 118 valence electrons. The Morgan fingerprint density at radius 1 is 1.32 bits per heavy atom. The number of nitrogens with zero attached hydrogens (tertiary/aromatic N) is 1. The SMILES string of the molecule is CC(C)[C@H]1C[C@@]2(C(=O)OC(C)(C)C)Cc3ccccc3C2=N1. The fourth-order valence-corrected chi connectivity index (χ4v) is 3.52. The summed E-state index contributed by atoms with van der Waals surface area (Å²) < 4.78 is 5.77. The summed E-state index contributed by atoms with van der Waals surface area (Å²) in [5.74, 6) is 0.322. The van der Waals surface area contributed by atoms with Crippen molar-refractivity contribution < 1.29 is 9.53 Å². The van der Waals surface area contributed by atoms with Crippen LogP contribution in [0, 0.1) is 11.3 Å². The number of ether oxygens (including phenoxy) is 1. The summed E-state index contributed by atoms with van der Waals surface area (Å²) in [5.41, 5.74) is 2.26. The van der Waals surface area contributed by atoms with Crippen LogP contribution in [0.15, 0.2) is 29.3 Å². The third-order valence-corrected chi connectivity index (χ3v) is 4.63. The van der Waals surface area contributed by atoms with E-state index < -0.39 is 11.0 Å². The van der Waals surface area contributed by atoms with E-state index in [1.165, 1.54) is 5.56 Å². The quantitative estimate of drug-likeness (QED) is 0.779. The predicted molar refractivity (Wildman–Crippen MR) is 88.2 cm³/mol. The molecule has 0 saturated heterocycles. The second-order valence-electron chi connectivity index (χ2n) is 7.91. The lowest BCUT2D eigenvalue weighted by Crippen LogP contribution is -2.41. The van der Waals surface area contributed by atoms with Gasteiger partial charge in [0.2, 0.25) is 0 Å². The maximum Gasteiger partial charge on any atom is 0.319 e. The molecule has 3 heteroatoms. The minimum atomic E-state index is -0.577. The zero-order chi connectivity index (χ0) is 16.1. The molecule has 0 amide bonds. The van der Waals surface area contributed by atoms with Crippen LogP contribution in [-0.4, -0.2) is 23.3 Å². The van der Waals surface area contributed by atoms with Gasteiger partial charge in [-0.05, 0) is 50.7 Å². The van der Waals surface area contributed by atoms with Crippen molar-refractivity contribution in [3.63, 3.8) is 0 Å². The molecule has 2 atom stereocenters. The topological polar surface area (TPSA) is 38.7 Å². The Kier molecular flexibility index (Phi) is 3.42. The number of carbonyl (C=O) groups excluding carboxylic acids is 1. The van der Waals surface area contributed by atoms with Crippen molar-refractivity contribution in [3.05, 3.63) is 35.4 Å². The van der Waals surface area contributed by atoms with E-state index in [-0.39, 0.29) is 12.0 Å². The van der Waals surface area contributed by atoms with Crippen molar-refractivity contribution >= 4 is 11.7 Å². The highest BCUT2D eigenvalue weighted by Gasteiger charge is 2.56. The number of rotatable bonds is 2. The van der Waals surface area contributed by atoms with Gasteiger partial charge < -0.3 is 4.74 Å². The first-order valence-corrected chi connectivity index (χ1v) is 8.13. The largest absolute Gasteiger partial charge is 0.459 e. The van der Waals surface area contributed by atoms with Crippen LogP contribution >= 0.6 is 0 Å². The van der Waals surface area contributed by atoms with Crippen LogP contribution in [0.25, 0.3) is 0 Å². The monoisotopic (exact) mass is 299 g/mol. The average molecular weight is 299 g/mol. The molecule has 3 nitrogen and oxygen atoms in total. The number of fused-ring (bicyclic) bond motifs is 3. The van der Waals surface area contributed by atoms with Gasteiger partial charge in [-0.3, -0.25) is 9.79 Å². The second kappa shape index (κ2) is 4.94. The highest BCUT2D eigenvalue weighted by Crippen LogP contribution is 2.48. The smallest absolute Gasteiger partial charge is 0.319 e. The molecule has 2 aliphatic rings. The lowest BCUT2D eigenvalue weighted by atomic mass is 9.78. The molecule has 0 aromatic heterocycles. The van der Waals surface area contributed by atoms with Crippen LogP contribution in [0.3, 0.4) is 0 Å². The molecule has 0 radical (unpaired) electrons. The molecule has 22 heavy (non-hydrogen) atoms. The normalized spacial score (nSPS) is 26.6. The third kappa shape index (κ3) is 2.37. The maximum atomic E-state index is 13.0. The van der Waals surface area contributed by atoms with Gasteiger partial charge in [0.25, 0.3) is 0 Å². The van der Waals surface area contributed by atoms with Crippen LogP contribution in [0.4, 0.5) is 0 Å². The van der Waals surface area contributed by atoms with Gasteiger partial charge >= 0.3 is 5.97 Å². The molecule has 1 aromatic rings. The molecule has 0 bridgehead atoms. The standard InChI is InChI=1S/C19H25NO2/c1-12(2)15-11-19(17(21)22-18(3,4)5)10-13-8-6-7-9-14(13)16(19)20-15/h6-9,12,15H,10-11H2,1-5H3/t15-,19+/m1/s1. The third-order valence-electron chi connectivity index (χ3n) is 4.63. The van der Waals surface area contributed by atoms with Gasteiger partial charge in [-0.25, -0.2) is 0 Å². The summed E-state index contributed by atoms with van der Waals surface area (Å²) in [5, 5.41) is 0. The molecule has 1 aliphatic carbocycles. The van der Waals surface area contributed by atoms with Crippen molar-refractivity contribution in [2.45, 2.75) is 59.1 Å². The Bertz CT molecular complexity index is 639. The summed E-state index contributed by atoms with van der Waals surface area (Å²) in [6.07, 6.45) is 1.49. The summed E-state index contributed by atoms with van der Waals surface area (Å²) in [6.45, 7) is 10.1. The van der Waals surface area contributed by atoms with Gasteiger partial charge in [0.1, 0.15) is 11.0 Å². The van der Waals surface area contributed by atoms with Crippen LogP contribution in [0.5, 0.6) is 0 Å². The summed E-state index contributed by atoms with van der Waals surface area (Å²) >= 11 is 0. The summed E-state index contributed by atoms with van der Waals surface area (Å²) in [7, 11) is 0. The highest BCUT2D eigenvalue weighted by atomic mass is 16.6. The van der Waals surface area contributed by atoms with Crippen LogP contribution in [0.1, 0.15) is 52.2 Å². The number of benzene rings is 1. The lowest BCUT2D eigenvalue weighted by Gasteiger charge is -2.29. The minimum Gasteiger partial charge on any atom is -0.459 e. The van der Waals surface area contributed by atoms with Crippen molar-refractivity contribution in [3.8, 4) is 0 Å². The van der Waals surface area contributed by atoms with Crippen LogP contribution in [0.2, 0.25) is 0 Å². The van der Waals surface area contributed by atoms with E-state index in [4.69, 9.17) is 9.73 Å². The molecule has 0 saturated carbocycles. The van der Waals surface area contributed by atoms with E-state index in [1.54, 1.807) is 0 Å². The van der Waals surface area contributed by atoms with Crippen LogP contribution in [-0.2, 0) is 16.0 Å². The molecular formula is C19H25NO2. The van der Waals surface area contributed by atoms with E-state index in [0.29, 0.717) is 5.92 Å². The van der Waals surface area contributed by atoms with Gasteiger partial charge in [-0.15, -0.1) is 0 Å². The fourth-order valence-electron chi connectivity index (χ4n) is 3.52. The molecule has 3 rings (SSSR count). The number of esters is 1. The molecule has 0 N–H and O–H groups in total. The Balaban J connectivity index is 2.04. The van der Waals surface area contributed by atoms with E-state index in [2.05, 4.69) is 26.0 Å². The lowest BCUT2D eigenvalue weighted by molar-refractivity contribution is -0.163.